The predicted molar refractivity (Wildman–Crippen MR) is 94.6 cm³/mol. The first-order chi connectivity index (χ1) is 12.5. The molecule has 6 nitrogen and oxygen atoms in total. The molecule has 3 fully saturated rings. The van der Waals surface area contributed by atoms with E-state index in [-0.39, 0.29) is 17.7 Å². The molecule has 1 unspecified atom stereocenters. The summed E-state index contributed by atoms with van der Waals surface area (Å²) in [5, 5.41) is 10.1. The lowest BCUT2D eigenvalue weighted by Gasteiger charge is -2.52. The number of methoxy groups -OCH3 is 1. The normalized spacial score (nSPS) is 29.1. The summed E-state index contributed by atoms with van der Waals surface area (Å²) in [5.74, 6) is -0.502. The number of aliphatic hydroxyl groups excluding tert-OH is 1. The highest BCUT2D eigenvalue weighted by atomic mass is 19.1. The maximum atomic E-state index is 14.7. The molecule has 7 heteroatoms. The van der Waals surface area contributed by atoms with Crippen LogP contribution in [0.5, 0.6) is 5.88 Å². The second kappa shape index (κ2) is 6.40. The van der Waals surface area contributed by atoms with Crippen molar-refractivity contribution < 1.29 is 19.0 Å². The number of nitrogens with two attached hydrogens (primary N) is 1. The standard InChI is InChI=1S/C19H24FN3O3/c1-25-15-3-2-14-17(23-15)16(13(20)9-22-14)12(10-24)8-19-6-4-18(21,5-7-19)11-26-19/h2-3,9,12,24H,4-8,10-11,21H2,1H3. The Balaban J connectivity index is 1.71. The van der Waals surface area contributed by atoms with Crippen LogP contribution in [0.3, 0.4) is 0 Å². The van der Waals surface area contributed by atoms with Crippen LogP contribution >= 0.6 is 0 Å². The summed E-state index contributed by atoms with van der Waals surface area (Å²) < 4.78 is 26.0. The van der Waals surface area contributed by atoms with Gasteiger partial charge < -0.3 is 20.3 Å². The van der Waals surface area contributed by atoms with Gasteiger partial charge in [-0.3, -0.25) is 4.98 Å². The van der Waals surface area contributed by atoms with Gasteiger partial charge in [-0.2, -0.15) is 0 Å². The Hall–Kier alpha value is -1.83. The van der Waals surface area contributed by atoms with Gasteiger partial charge in [0.25, 0.3) is 0 Å². The average molecular weight is 361 g/mol. The Morgan fingerprint density at radius 1 is 1.35 bits per heavy atom. The largest absolute Gasteiger partial charge is 0.481 e. The summed E-state index contributed by atoms with van der Waals surface area (Å²) >= 11 is 0. The molecule has 2 aliphatic heterocycles. The molecule has 140 valence electrons. The number of aliphatic hydroxyl groups is 1. The third kappa shape index (κ3) is 2.94. The molecular formula is C19H24FN3O3. The van der Waals surface area contributed by atoms with Crippen molar-refractivity contribution in [3.8, 4) is 5.88 Å². The Kier molecular flexibility index (Phi) is 4.33. The van der Waals surface area contributed by atoms with Gasteiger partial charge in [-0.25, -0.2) is 9.37 Å². The summed E-state index contributed by atoms with van der Waals surface area (Å²) in [6.07, 6.45) is 5.20. The van der Waals surface area contributed by atoms with E-state index in [4.69, 9.17) is 15.2 Å². The first kappa shape index (κ1) is 17.6. The number of nitrogens with zero attached hydrogens (tertiary/aromatic N) is 2. The number of aromatic nitrogens is 2. The molecule has 0 radical (unpaired) electrons. The predicted octanol–water partition coefficient (Wildman–Crippen LogP) is 2.28. The Morgan fingerprint density at radius 3 is 2.73 bits per heavy atom. The first-order valence-electron chi connectivity index (χ1n) is 9.00. The zero-order valence-electron chi connectivity index (χ0n) is 14.9. The first-order valence-corrected chi connectivity index (χ1v) is 9.00. The molecule has 5 rings (SSSR count). The van der Waals surface area contributed by atoms with Crippen LogP contribution in [0.4, 0.5) is 4.39 Å². The van der Waals surface area contributed by atoms with E-state index in [2.05, 4.69) is 9.97 Å². The second-order valence-electron chi connectivity index (χ2n) is 7.66. The van der Waals surface area contributed by atoms with E-state index in [1.807, 2.05) is 0 Å². The fourth-order valence-electron chi connectivity index (χ4n) is 4.31. The molecule has 0 amide bonds. The average Bonchev–Trinajstić information content (AvgIpc) is 2.67. The van der Waals surface area contributed by atoms with Crippen molar-refractivity contribution in [2.24, 2.45) is 5.73 Å². The molecule has 2 aromatic rings. The van der Waals surface area contributed by atoms with E-state index in [1.54, 1.807) is 12.1 Å². The lowest BCUT2D eigenvalue weighted by molar-refractivity contribution is -0.160. The van der Waals surface area contributed by atoms with Crippen molar-refractivity contribution in [1.29, 1.82) is 0 Å². The van der Waals surface area contributed by atoms with Gasteiger partial charge in [-0.05, 0) is 38.2 Å². The number of hydrogen-bond donors (Lipinski definition) is 2. The zero-order chi connectivity index (χ0) is 18.4. The maximum absolute atomic E-state index is 14.7. The van der Waals surface area contributed by atoms with Crippen LogP contribution in [0.25, 0.3) is 11.0 Å². The minimum atomic E-state index is -0.464. The fraction of sp³-hybridized carbons (Fsp3) is 0.579. The quantitative estimate of drug-likeness (QED) is 0.849. The van der Waals surface area contributed by atoms with Gasteiger partial charge >= 0.3 is 0 Å². The maximum Gasteiger partial charge on any atom is 0.213 e. The SMILES string of the molecule is COc1ccc2ncc(F)c(C(CO)CC34CCC(N)(CC3)CO4)c2n1. The molecule has 0 aromatic carbocycles. The molecule has 1 saturated carbocycles. The van der Waals surface area contributed by atoms with Crippen molar-refractivity contribution in [1.82, 2.24) is 9.97 Å². The van der Waals surface area contributed by atoms with Gasteiger partial charge in [0.1, 0.15) is 5.82 Å². The fourth-order valence-corrected chi connectivity index (χ4v) is 4.31. The molecule has 2 bridgehead atoms. The summed E-state index contributed by atoms with van der Waals surface area (Å²) in [5.41, 5.74) is 7.11. The summed E-state index contributed by atoms with van der Waals surface area (Å²) in [6, 6.07) is 3.44. The van der Waals surface area contributed by atoms with Gasteiger partial charge in [0.05, 0.1) is 43.2 Å². The highest BCUT2D eigenvalue weighted by Gasteiger charge is 2.49. The van der Waals surface area contributed by atoms with Crippen molar-refractivity contribution in [3.63, 3.8) is 0 Å². The molecule has 26 heavy (non-hydrogen) atoms. The third-order valence-corrected chi connectivity index (χ3v) is 5.96. The molecule has 3 aliphatic rings. The highest BCUT2D eigenvalue weighted by molar-refractivity contribution is 5.79. The van der Waals surface area contributed by atoms with Gasteiger partial charge in [-0.1, -0.05) is 0 Å². The molecular weight excluding hydrogens is 337 g/mol. The minimum Gasteiger partial charge on any atom is -0.481 e. The molecule has 2 aromatic heterocycles. The van der Waals surface area contributed by atoms with Crippen molar-refractivity contribution in [2.75, 3.05) is 20.3 Å². The topological polar surface area (TPSA) is 90.5 Å². The number of pyridine rings is 2. The van der Waals surface area contributed by atoms with E-state index in [0.29, 0.717) is 35.5 Å². The van der Waals surface area contributed by atoms with Crippen LogP contribution in [-0.2, 0) is 4.74 Å². The van der Waals surface area contributed by atoms with E-state index in [0.717, 1.165) is 25.7 Å². The van der Waals surface area contributed by atoms with Crippen molar-refractivity contribution in [3.05, 3.63) is 29.7 Å². The minimum absolute atomic E-state index is 0.187. The van der Waals surface area contributed by atoms with Crippen LogP contribution in [0.1, 0.15) is 43.6 Å². The summed E-state index contributed by atoms with van der Waals surface area (Å²) in [7, 11) is 1.51. The number of hydrogen-bond acceptors (Lipinski definition) is 6. The third-order valence-electron chi connectivity index (χ3n) is 5.96. The monoisotopic (exact) mass is 361 g/mol. The summed E-state index contributed by atoms with van der Waals surface area (Å²) in [4.78, 5) is 8.50. The lowest BCUT2D eigenvalue weighted by Crippen LogP contribution is -2.60. The van der Waals surface area contributed by atoms with Gasteiger partial charge in [0, 0.05) is 23.1 Å². The molecule has 3 N–H and O–H groups in total. The van der Waals surface area contributed by atoms with Crippen LogP contribution in [0.15, 0.2) is 18.3 Å². The van der Waals surface area contributed by atoms with Crippen LogP contribution in [0.2, 0.25) is 0 Å². The van der Waals surface area contributed by atoms with E-state index >= 15 is 0 Å². The molecule has 1 aliphatic carbocycles. The van der Waals surface area contributed by atoms with E-state index < -0.39 is 11.7 Å². The number of rotatable bonds is 5. The number of ether oxygens (including phenoxy) is 2. The molecule has 0 spiro atoms. The van der Waals surface area contributed by atoms with Crippen molar-refractivity contribution >= 4 is 11.0 Å². The Bertz CT molecular complexity index is 804. The highest BCUT2D eigenvalue weighted by Crippen LogP contribution is 2.47. The van der Waals surface area contributed by atoms with Crippen LogP contribution in [0, 0.1) is 5.82 Å². The molecule has 1 atom stereocenters. The van der Waals surface area contributed by atoms with Crippen LogP contribution in [-0.4, -0.2) is 46.5 Å². The lowest BCUT2D eigenvalue weighted by atomic mass is 9.68. The summed E-state index contributed by atoms with van der Waals surface area (Å²) in [6.45, 7) is 0.338. The van der Waals surface area contributed by atoms with Gasteiger partial charge in [-0.15, -0.1) is 0 Å². The zero-order valence-corrected chi connectivity index (χ0v) is 14.9. The van der Waals surface area contributed by atoms with E-state index in [9.17, 15) is 9.50 Å². The van der Waals surface area contributed by atoms with Gasteiger partial charge in [0.15, 0.2) is 0 Å². The number of halogens is 1. The molecule has 4 heterocycles. The Morgan fingerprint density at radius 2 is 2.12 bits per heavy atom. The van der Waals surface area contributed by atoms with E-state index in [1.165, 1.54) is 13.3 Å². The molecule has 2 saturated heterocycles. The Labute approximate surface area is 151 Å². The smallest absolute Gasteiger partial charge is 0.213 e. The van der Waals surface area contributed by atoms with Gasteiger partial charge in [0.2, 0.25) is 5.88 Å². The van der Waals surface area contributed by atoms with Crippen LogP contribution < -0.4 is 10.5 Å². The second-order valence-corrected chi connectivity index (χ2v) is 7.66. The van der Waals surface area contributed by atoms with Crippen molar-refractivity contribution in [2.45, 2.75) is 49.2 Å². The number of fused-ring (bicyclic) bond motifs is 4.